The molecule has 0 radical (unpaired) electrons. The molecule has 1 aliphatic heterocycles. The molecule has 0 saturated carbocycles. The second-order valence-corrected chi connectivity index (χ2v) is 8.45. The molecule has 158 valence electrons. The minimum absolute atomic E-state index is 0.169. The highest BCUT2D eigenvalue weighted by Gasteiger charge is 2.34. The number of hydrogen-bond donors (Lipinski definition) is 1. The van der Waals surface area contributed by atoms with Gasteiger partial charge in [-0.05, 0) is 70.6 Å². The van der Waals surface area contributed by atoms with Crippen LogP contribution in [0.5, 0.6) is 5.75 Å². The normalized spacial score (nSPS) is 14.4. The van der Waals surface area contributed by atoms with Crippen LogP contribution in [-0.4, -0.2) is 11.9 Å². The molecule has 0 aromatic heterocycles. The summed E-state index contributed by atoms with van der Waals surface area (Å²) >= 11 is 8.13. The van der Waals surface area contributed by atoms with Gasteiger partial charge in [0.05, 0.1) is 20.9 Å². The quantitative estimate of drug-likeness (QED) is 0.256. The molecule has 0 bridgehead atoms. The van der Waals surface area contributed by atoms with Crippen molar-refractivity contribution < 1.29 is 14.3 Å². The number of amides is 3. The number of urea groups is 1. The summed E-state index contributed by atoms with van der Waals surface area (Å²) < 4.78 is 6.71. The second-order valence-electron chi connectivity index (χ2n) is 6.86. The van der Waals surface area contributed by atoms with Crippen molar-refractivity contribution in [2.45, 2.75) is 6.61 Å². The van der Waals surface area contributed by atoms with Gasteiger partial charge in [-0.15, -0.1) is 0 Å². The summed E-state index contributed by atoms with van der Waals surface area (Å²) in [4.78, 5) is 26.2. The summed E-state index contributed by atoms with van der Waals surface area (Å²) in [6, 6.07) is 20.9. The Bertz CT molecular complexity index is 1300. The van der Waals surface area contributed by atoms with Crippen LogP contribution in [0.15, 0.2) is 72.4 Å². The van der Waals surface area contributed by atoms with Crippen LogP contribution in [0.2, 0.25) is 5.02 Å². The van der Waals surface area contributed by atoms with Gasteiger partial charge in [-0.2, -0.15) is 5.26 Å². The molecule has 8 heteroatoms. The molecule has 1 saturated heterocycles. The van der Waals surface area contributed by atoms with E-state index in [-0.39, 0.29) is 12.3 Å². The first-order chi connectivity index (χ1) is 15.5. The molecule has 32 heavy (non-hydrogen) atoms. The van der Waals surface area contributed by atoms with E-state index in [0.717, 1.165) is 19.6 Å². The first-order valence-corrected chi connectivity index (χ1v) is 10.9. The maximum absolute atomic E-state index is 12.8. The fraction of sp³-hybridized carbons (Fsp3) is 0.0417. The van der Waals surface area contributed by atoms with Crippen LogP contribution in [-0.2, 0) is 11.4 Å². The summed E-state index contributed by atoms with van der Waals surface area (Å²) in [6.07, 6.45) is 1.61. The number of anilines is 1. The van der Waals surface area contributed by atoms with E-state index in [9.17, 15) is 14.9 Å². The van der Waals surface area contributed by atoms with E-state index in [1.807, 2.05) is 24.3 Å². The van der Waals surface area contributed by atoms with E-state index in [1.54, 1.807) is 48.5 Å². The van der Waals surface area contributed by atoms with Crippen LogP contribution in [0.25, 0.3) is 6.08 Å². The van der Waals surface area contributed by atoms with E-state index >= 15 is 0 Å². The Balaban J connectivity index is 1.51. The Morgan fingerprint density at radius 1 is 1.09 bits per heavy atom. The minimum atomic E-state index is -0.533. The zero-order chi connectivity index (χ0) is 22.7. The number of nitrogens with one attached hydrogen (secondary N) is 1. The first-order valence-electron chi connectivity index (χ1n) is 9.49. The predicted molar refractivity (Wildman–Crippen MR) is 130 cm³/mol. The largest absolute Gasteiger partial charge is 0.488 e. The lowest BCUT2D eigenvalue weighted by Gasteiger charge is -2.11. The van der Waals surface area contributed by atoms with Gasteiger partial charge in [-0.25, -0.2) is 9.69 Å². The smallest absolute Gasteiger partial charge is 0.333 e. The number of hydrogen-bond acceptors (Lipinski definition) is 4. The Labute approximate surface area is 203 Å². The number of nitriles is 1. The standard InChI is InChI=1S/C24H15ClIN3O3/c25-18-6-3-7-19(12-18)29-23(30)21(28-24(29)31)11-15-8-9-22(20(26)10-15)32-14-17-5-2-1-4-16(17)13-27/h1-12H,14H2,(H,28,31)/b21-11+. The van der Waals surface area contributed by atoms with Crippen molar-refractivity contribution in [1.29, 1.82) is 5.26 Å². The maximum Gasteiger partial charge on any atom is 0.333 e. The van der Waals surface area contributed by atoms with Crippen molar-refractivity contribution in [3.8, 4) is 11.8 Å². The van der Waals surface area contributed by atoms with Crippen molar-refractivity contribution in [2.24, 2.45) is 0 Å². The highest BCUT2D eigenvalue weighted by molar-refractivity contribution is 14.1. The molecule has 3 aromatic rings. The van der Waals surface area contributed by atoms with Gasteiger partial charge in [0.25, 0.3) is 5.91 Å². The van der Waals surface area contributed by atoms with Crippen LogP contribution in [0.1, 0.15) is 16.7 Å². The van der Waals surface area contributed by atoms with E-state index in [4.69, 9.17) is 16.3 Å². The zero-order valence-electron chi connectivity index (χ0n) is 16.5. The van der Waals surface area contributed by atoms with Crippen molar-refractivity contribution >= 4 is 57.9 Å². The molecule has 0 unspecified atom stereocenters. The second kappa shape index (κ2) is 9.42. The van der Waals surface area contributed by atoms with Crippen molar-refractivity contribution in [2.75, 3.05) is 4.90 Å². The molecule has 3 aromatic carbocycles. The Kier molecular flexibility index (Phi) is 6.44. The van der Waals surface area contributed by atoms with Gasteiger partial charge in [-0.1, -0.05) is 41.9 Å². The fourth-order valence-corrected chi connectivity index (χ4v) is 4.07. The molecule has 0 atom stereocenters. The SMILES string of the molecule is N#Cc1ccccc1COc1ccc(/C=C2/NC(=O)N(c3cccc(Cl)c3)C2=O)cc1I. The molecule has 4 rings (SSSR count). The third-order valence-electron chi connectivity index (χ3n) is 4.73. The van der Waals surface area contributed by atoms with Gasteiger partial charge < -0.3 is 10.1 Å². The first kappa shape index (κ1) is 21.9. The van der Waals surface area contributed by atoms with E-state index in [1.165, 1.54) is 0 Å². The van der Waals surface area contributed by atoms with Gasteiger partial charge in [-0.3, -0.25) is 4.79 Å². The zero-order valence-corrected chi connectivity index (χ0v) is 19.4. The Hall–Kier alpha value is -3.35. The summed E-state index contributed by atoms with van der Waals surface area (Å²) in [7, 11) is 0. The molecule has 1 heterocycles. The van der Waals surface area contributed by atoms with Crippen molar-refractivity contribution in [3.05, 3.63) is 97.7 Å². The molecule has 1 aliphatic rings. The van der Waals surface area contributed by atoms with E-state index < -0.39 is 11.9 Å². The molecular formula is C24H15ClIN3O3. The highest BCUT2D eigenvalue weighted by atomic mass is 127. The number of carbonyl (C=O) groups excluding carboxylic acids is 2. The summed E-state index contributed by atoms with van der Waals surface area (Å²) in [5, 5.41) is 12.2. The van der Waals surface area contributed by atoms with Gasteiger partial charge in [0, 0.05) is 10.6 Å². The minimum Gasteiger partial charge on any atom is -0.488 e. The fourth-order valence-electron chi connectivity index (χ4n) is 3.19. The lowest BCUT2D eigenvalue weighted by atomic mass is 10.1. The van der Waals surface area contributed by atoms with Gasteiger partial charge in [0.2, 0.25) is 0 Å². The molecule has 0 spiro atoms. The number of ether oxygens (including phenoxy) is 1. The lowest BCUT2D eigenvalue weighted by Crippen LogP contribution is -2.30. The molecular weight excluding hydrogens is 541 g/mol. The number of nitrogens with zero attached hydrogens (tertiary/aromatic N) is 2. The molecule has 1 fully saturated rings. The maximum atomic E-state index is 12.8. The van der Waals surface area contributed by atoms with Gasteiger partial charge >= 0.3 is 6.03 Å². The predicted octanol–water partition coefficient (Wildman–Crippen LogP) is 5.49. The van der Waals surface area contributed by atoms with Crippen LogP contribution < -0.4 is 15.0 Å². The summed E-state index contributed by atoms with van der Waals surface area (Å²) in [5.74, 6) is 0.198. The van der Waals surface area contributed by atoms with E-state index in [0.29, 0.717) is 22.0 Å². The summed E-state index contributed by atoms with van der Waals surface area (Å²) in [5.41, 5.74) is 2.68. The Morgan fingerprint density at radius 2 is 1.91 bits per heavy atom. The van der Waals surface area contributed by atoms with Crippen LogP contribution >= 0.6 is 34.2 Å². The van der Waals surface area contributed by atoms with Crippen molar-refractivity contribution in [3.63, 3.8) is 0 Å². The van der Waals surface area contributed by atoms with Crippen LogP contribution in [0.3, 0.4) is 0 Å². The average molecular weight is 556 g/mol. The topological polar surface area (TPSA) is 82.4 Å². The highest BCUT2D eigenvalue weighted by Crippen LogP contribution is 2.27. The van der Waals surface area contributed by atoms with Crippen molar-refractivity contribution in [1.82, 2.24) is 5.32 Å². The summed E-state index contributed by atoms with van der Waals surface area (Å²) in [6.45, 7) is 0.267. The molecule has 6 nitrogen and oxygen atoms in total. The third kappa shape index (κ3) is 4.61. The van der Waals surface area contributed by atoms with E-state index in [2.05, 4.69) is 34.0 Å². The number of imide groups is 1. The van der Waals surface area contributed by atoms with Gasteiger partial charge in [0.15, 0.2) is 0 Å². The number of halogens is 2. The molecule has 3 amide bonds. The lowest BCUT2D eigenvalue weighted by molar-refractivity contribution is -0.113. The monoisotopic (exact) mass is 555 g/mol. The molecule has 0 aliphatic carbocycles. The van der Waals surface area contributed by atoms with Gasteiger partial charge in [0.1, 0.15) is 18.1 Å². The number of benzene rings is 3. The van der Waals surface area contributed by atoms with Crippen LogP contribution in [0.4, 0.5) is 10.5 Å². The number of carbonyl (C=O) groups is 2. The third-order valence-corrected chi connectivity index (χ3v) is 5.81. The Morgan fingerprint density at radius 3 is 2.66 bits per heavy atom. The molecule has 1 N–H and O–H groups in total. The number of rotatable bonds is 5. The van der Waals surface area contributed by atoms with Crippen LogP contribution in [0, 0.1) is 14.9 Å². The average Bonchev–Trinajstić information content (AvgIpc) is 3.06.